The van der Waals surface area contributed by atoms with Gasteiger partial charge in [0.1, 0.15) is 0 Å². The Labute approximate surface area is 110 Å². The van der Waals surface area contributed by atoms with Crippen LogP contribution in [0, 0.1) is 5.92 Å². The van der Waals surface area contributed by atoms with E-state index in [0.717, 1.165) is 0 Å². The van der Waals surface area contributed by atoms with Gasteiger partial charge in [0.05, 0.1) is 6.61 Å². The molecule has 0 unspecified atom stereocenters. The summed E-state index contributed by atoms with van der Waals surface area (Å²) in [6.07, 6.45) is -1.65. The lowest BCUT2D eigenvalue weighted by atomic mass is 9.74. The Morgan fingerprint density at radius 1 is 1.47 bits per heavy atom. The van der Waals surface area contributed by atoms with Crippen LogP contribution in [-0.4, -0.2) is 29.5 Å². The minimum atomic E-state index is -5.05. The van der Waals surface area contributed by atoms with Crippen molar-refractivity contribution in [3.8, 4) is 0 Å². The van der Waals surface area contributed by atoms with Gasteiger partial charge in [-0.1, -0.05) is 18.6 Å². The number of alkyl halides is 3. The van der Waals surface area contributed by atoms with Gasteiger partial charge >= 0.3 is 12.1 Å². The molecule has 1 aliphatic rings. The number of halogens is 3. The first kappa shape index (κ1) is 16.0. The van der Waals surface area contributed by atoms with Crippen LogP contribution in [0.15, 0.2) is 11.6 Å². The van der Waals surface area contributed by atoms with Crippen molar-refractivity contribution in [1.82, 2.24) is 0 Å². The molecule has 3 nitrogen and oxygen atoms in total. The molecule has 110 valence electrons. The van der Waals surface area contributed by atoms with Crippen molar-refractivity contribution in [2.45, 2.75) is 51.3 Å². The number of hydrogen-bond donors (Lipinski definition) is 1. The van der Waals surface area contributed by atoms with Gasteiger partial charge in [0.25, 0.3) is 5.60 Å². The molecule has 0 aliphatic heterocycles. The van der Waals surface area contributed by atoms with Gasteiger partial charge in [-0.15, -0.1) is 0 Å². The number of allylic oxidation sites excluding steroid dienone is 1. The van der Waals surface area contributed by atoms with Crippen LogP contribution >= 0.6 is 0 Å². The van der Waals surface area contributed by atoms with Crippen LogP contribution in [0.1, 0.15) is 39.5 Å². The summed E-state index contributed by atoms with van der Waals surface area (Å²) in [5.41, 5.74) is -2.97. The Morgan fingerprint density at radius 3 is 2.58 bits per heavy atom. The third-order valence-electron chi connectivity index (χ3n) is 3.48. The summed E-state index contributed by atoms with van der Waals surface area (Å²) in [6, 6.07) is 0. The lowest BCUT2D eigenvalue weighted by Crippen LogP contribution is -2.59. The molecule has 0 spiro atoms. The number of carbonyl (C=O) groups excluding carboxylic acids is 1. The first-order valence-electron chi connectivity index (χ1n) is 6.44. The molecule has 1 N–H and O–H groups in total. The second kappa shape index (κ2) is 5.94. The minimum absolute atomic E-state index is 0.133. The molecule has 0 radical (unpaired) electrons. The molecule has 0 aromatic carbocycles. The highest BCUT2D eigenvalue weighted by Crippen LogP contribution is 2.45. The van der Waals surface area contributed by atoms with Gasteiger partial charge in [0, 0.05) is 5.92 Å². The molecule has 1 rings (SSSR count). The van der Waals surface area contributed by atoms with E-state index in [1.54, 1.807) is 13.0 Å². The van der Waals surface area contributed by atoms with E-state index in [-0.39, 0.29) is 13.0 Å². The molecule has 1 aliphatic carbocycles. The predicted octanol–water partition coefficient (Wildman–Crippen LogP) is 2.98. The van der Waals surface area contributed by atoms with Crippen molar-refractivity contribution in [1.29, 1.82) is 0 Å². The maximum atomic E-state index is 13.2. The van der Waals surface area contributed by atoms with E-state index >= 15 is 0 Å². The van der Waals surface area contributed by atoms with Crippen molar-refractivity contribution in [3.05, 3.63) is 11.6 Å². The number of rotatable bonds is 4. The summed E-state index contributed by atoms with van der Waals surface area (Å²) in [4.78, 5) is 11.7. The second-order valence-electron chi connectivity index (χ2n) is 4.60. The van der Waals surface area contributed by atoms with Gasteiger partial charge < -0.3 is 9.84 Å². The molecule has 19 heavy (non-hydrogen) atoms. The molecule has 0 saturated carbocycles. The smallest absolute Gasteiger partial charge is 0.428 e. The Morgan fingerprint density at radius 2 is 2.11 bits per heavy atom. The summed E-state index contributed by atoms with van der Waals surface area (Å²) in [6.45, 7) is 2.92. The van der Waals surface area contributed by atoms with E-state index in [0.29, 0.717) is 24.8 Å². The van der Waals surface area contributed by atoms with Crippen LogP contribution in [0.4, 0.5) is 13.2 Å². The normalized spacial score (nSPS) is 23.5. The molecule has 0 bridgehead atoms. The SMILES string of the molecule is CCOC(=O)[C@@](O)([C@@H]1CCCC=C1CC)C(F)(F)F. The van der Waals surface area contributed by atoms with E-state index in [1.807, 2.05) is 0 Å². The first-order chi connectivity index (χ1) is 8.79. The summed E-state index contributed by atoms with van der Waals surface area (Å²) >= 11 is 0. The third-order valence-corrected chi connectivity index (χ3v) is 3.48. The summed E-state index contributed by atoms with van der Waals surface area (Å²) in [5.74, 6) is -2.85. The molecule has 0 heterocycles. The molecule has 0 amide bonds. The Kier molecular flexibility index (Phi) is 5.01. The van der Waals surface area contributed by atoms with Crippen molar-refractivity contribution >= 4 is 5.97 Å². The monoisotopic (exact) mass is 280 g/mol. The van der Waals surface area contributed by atoms with Crippen LogP contribution in [-0.2, 0) is 9.53 Å². The highest BCUT2D eigenvalue weighted by molar-refractivity contribution is 5.81. The number of ether oxygens (including phenoxy) is 1. The summed E-state index contributed by atoms with van der Waals surface area (Å²) in [7, 11) is 0. The van der Waals surface area contributed by atoms with Gasteiger partial charge in [0.2, 0.25) is 0 Å². The molecule has 0 aromatic rings. The number of aliphatic hydroxyl groups is 1. The average molecular weight is 280 g/mol. The third kappa shape index (κ3) is 2.94. The zero-order valence-electron chi connectivity index (χ0n) is 11.1. The Hall–Kier alpha value is -1.04. The van der Waals surface area contributed by atoms with Gasteiger partial charge in [0.15, 0.2) is 0 Å². The molecule has 0 saturated heterocycles. The van der Waals surface area contributed by atoms with Crippen molar-refractivity contribution < 1.29 is 27.8 Å². The maximum absolute atomic E-state index is 13.2. The Balaban J connectivity index is 3.20. The standard InChI is InChI=1S/C13H19F3O3/c1-3-9-7-5-6-8-10(9)12(18,13(14,15)16)11(17)19-4-2/h7,10,18H,3-6,8H2,1-2H3/t10-,12+/m1/s1. The van der Waals surface area contributed by atoms with Crippen molar-refractivity contribution in [2.75, 3.05) is 6.61 Å². The summed E-state index contributed by atoms with van der Waals surface area (Å²) < 4.78 is 44.0. The quantitative estimate of drug-likeness (QED) is 0.636. The van der Waals surface area contributed by atoms with Crippen LogP contribution in [0.2, 0.25) is 0 Å². The lowest BCUT2D eigenvalue weighted by molar-refractivity contribution is -0.276. The van der Waals surface area contributed by atoms with Crippen LogP contribution < -0.4 is 0 Å². The molecular weight excluding hydrogens is 261 g/mol. The van der Waals surface area contributed by atoms with E-state index in [2.05, 4.69) is 4.74 Å². The number of hydrogen-bond acceptors (Lipinski definition) is 3. The van der Waals surface area contributed by atoms with Gasteiger partial charge in [-0.2, -0.15) is 13.2 Å². The van der Waals surface area contributed by atoms with Crippen molar-refractivity contribution in [3.63, 3.8) is 0 Å². The highest BCUT2D eigenvalue weighted by atomic mass is 19.4. The number of carbonyl (C=O) groups is 1. The largest absolute Gasteiger partial charge is 0.464 e. The predicted molar refractivity (Wildman–Crippen MR) is 63.4 cm³/mol. The Bertz CT molecular complexity index is 363. The van der Waals surface area contributed by atoms with E-state index in [1.165, 1.54) is 6.92 Å². The fourth-order valence-corrected chi connectivity index (χ4v) is 2.50. The van der Waals surface area contributed by atoms with E-state index in [9.17, 15) is 23.1 Å². The molecule has 0 fully saturated rings. The van der Waals surface area contributed by atoms with Gasteiger partial charge in [-0.3, -0.25) is 0 Å². The first-order valence-corrected chi connectivity index (χ1v) is 6.44. The maximum Gasteiger partial charge on any atom is 0.428 e. The van der Waals surface area contributed by atoms with E-state index < -0.39 is 23.7 Å². The zero-order chi connectivity index (χ0) is 14.7. The number of esters is 1. The second-order valence-corrected chi connectivity index (χ2v) is 4.60. The highest BCUT2D eigenvalue weighted by Gasteiger charge is 2.65. The minimum Gasteiger partial charge on any atom is -0.464 e. The zero-order valence-corrected chi connectivity index (χ0v) is 11.1. The molecular formula is C13H19F3O3. The molecule has 6 heteroatoms. The van der Waals surface area contributed by atoms with E-state index in [4.69, 9.17) is 0 Å². The molecule has 2 atom stereocenters. The van der Waals surface area contributed by atoms with Crippen molar-refractivity contribution in [2.24, 2.45) is 5.92 Å². The molecule has 0 aromatic heterocycles. The van der Waals surface area contributed by atoms with Crippen LogP contribution in [0.25, 0.3) is 0 Å². The topological polar surface area (TPSA) is 46.5 Å². The lowest BCUT2D eigenvalue weighted by Gasteiger charge is -2.38. The fraction of sp³-hybridized carbons (Fsp3) is 0.769. The average Bonchev–Trinajstić information content (AvgIpc) is 2.36. The fourth-order valence-electron chi connectivity index (χ4n) is 2.50. The van der Waals surface area contributed by atoms with Crippen LogP contribution in [0.5, 0.6) is 0 Å². The van der Waals surface area contributed by atoms with Crippen LogP contribution in [0.3, 0.4) is 0 Å². The van der Waals surface area contributed by atoms with Gasteiger partial charge in [-0.05, 0) is 32.6 Å². The van der Waals surface area contributed by atoms with Gasteiger partial charge in [-0.25, -0.2) is 4.79 Å². The summed E-state index contributed by atoms with van der Waals surface area (Å²) in [5, 5.41) is 10.0.